The van der Waals surface area contributed by atoms with Gasteiger partial charge >= 0.3 is 5.97 Å². The molecule has 0 rings (SSSR count). The standard InChI is InChI=1S/C8H16FNO2/c1-4-8(5-10,6(2)9)7(11)12-3/h6H,4-5,10H2,1-3H3. The number of rotatable bonds is 4. The van der Waals surface area contributed by atoms with Crippen molar-refractivity contribution in [3.8, 4) is 0 Å². The number of halogens is 1. The number of nitrogens with two attached hydrogens (primary N) is 1. The van der Waals surface area contributed by atoms with Crippen LogP contribution in [0.5, 0.6) is 0 Å². The predicted octanol–water partition coefficient (Wildman–Crippen LogP) is 0.872. The normalized spacial score (nSPS) is 18.1. The van der Waals surface area contributed by atoms with Crippen molar-refractivity contribution in [1.29, 1.82) is 0 Å². The van der Waals surface area contributed by atoms with Crippen LogP contribution in [-0.4, -0.2) is 25.8 Å². The Labute approximate surface area is 72.1 Å². The highest BCUT2D eigenvalue weighted by molar-refractivity contribution is 5.77. The second kappa shape index (κ2) is 4.40. The third-order valence-electron chi connectivity index (χ3n) is 2.35. The first-order chi connectivity index (χ1) is 5.55. The molecule has 0 aromatic rings. The maximum Gasteiger partial charge on any atom is 0.316 e. The Balaban J connectivity index is 4.69. The van der Waals surface area contributed by atoms with Gasteiger partial charge in [-0.15, -0.1) is 0 Å². The van der Waals surface area contributed by atoms with Crippen LogP contribution in [0.15, 0.2) is 0 Å². The topological polar surface area (TPSA) is 52.3 Å². The molecule has 0 spiro atoms. The number of carbonyl (C=O) groups is 1. The minimum atomic E-state index is -1.28. The lowest BCUT2D eigenvalue weighted by atomic mass is 9.81. The van der Waals surface area contributed by atoms with Crippen LogP contribution in [0.3, 0.4) is 0 Å². The first kappa shape index (κ1) is 11.4. The highest BCUT2D eigenvalue weighted by Crippen LogP contribution is 2.28. The maximum absolute atomic E-state index is 13.1. The quantitative estimate of drug-likeness (QED) is 0.648. The Hall–Kier alpha value is -0.640. The van der Waals surface area contributed by atoms with E-state index in [-0.39, 0.29) is 6.54 Å². The molecule has 0 amide bonds. The van der Waals surface area contributed by atoms with Gasteiger partial charge in [0.15, 0.2) is 0 Å². The van der Waals surface area contributed by atoms with Gasteiger partial charge in [-0.2, -0.15) is 0 Å². The number of carbonyl (C=O) groups excluding carboxylic acids is 1. The summed E-state index contributed by atoms with van der Waals surface area (Å²) in [4.78, 5) is 11.2. The van der Waals surface area contributed by atoms with Gasteiger partial charge in [0, 0.05) is 6.54 Å². The van der Waals surface area contributed by atoms with Gasteiger partial charge in [-0.3, -0.25) is 4.79 Å². The van der Waals surface area contributed by atoms with Crippen LogP contribution in [0.2, 0.25) is 0 Å². The van der Waals surface area contributed by atoms with E-state index in [1.807, 2.05) is 0 Å². The molecule has 0 fully saturated rings. The molecule has 0 aliphatic heterocycles. The molecule has 0 aliphatic rings. The molecule has 0 heterocycles. The summed E-state index contributed by atoms with van der Waals surface area (Å²) in [5, 5.41) is 0. The molecule has 3 nitrogen and oxygen atoms in total. The average molecular weight is 177 g/mol. The number of alkyl halides is 1. The molecule has 12 heavy (non-hydrogen) atoms. The zero-order valence-corrected chi connectivity index (χ0v) is 7.76. The summed E-state index contributed by atoms with van der Waals surface area (Å²) in [5.41, 5.74) is 4.20. The van der Waals surface area contributed by atoms with Gasteiger partial charge in [0.2, 0.25) is 0 Å². The van der Waals surface area contributed by atoms with E-state index in [9.17, 15) is 9.18 Å². The Morgan fingerprint density at radius 3 is 2.33 bits per heavy atom. The zero-order valence-electron chi connectivity index (χ0n) is 7.76. The van der Waals surface area contributed by atoms with E-state index in [0.29, 0.717) is 6.42 Å². The first-order valence-corrected chi connectivity index (χ1v) is 3.97. The van der Waals surface area contributed by atoms with Crippen molar-refractivity contribution < 1.29 is 13.9 Å². The number of esters is 1. The summed E-state index contributed by atoms with van der Waals surface area (Å²) in [6, 6.07) is 0. The number of hydrogen-bond acceptors (Lipinski definition) is 3. The Morgan fingerprint density at radius 2 is 2.25 bits per heavy atom. The van der Waals surface area contributed by atoms with Gasteiger partial charge in [0.05, 0.1) is 7.11 Å². The van der Waals surface area contributed by atoms with Gasteiger partial charge in [-0.25, -0.2) is 4.39 Å². The Morgan fingerprint density at radius 1 is 1.75 bits per heavy atom. The fourth-order valence-corrected chi connectivity index (χ4v) is 1.18. The van der Waals surface area contributed by atoms with Crippen molar-refractivity contribution in [2.45, 2.75) is 26.4 Å². The van der Waals surface area contributed by atoms with Crippen molar-refractivity contribution in [2.24, 2.45) is 11.1 Å². The lowest BCUT2D eigenvalue weighted by Gasteiger charge is -2.29. The first-order valence-electron chi connectivity index (χ1n) is 3.97. The van der Waals surface area contributed by atoms with Gasteiger partial charge in [0.1, 0.15) is 11.6 Å². The maximum atomic E-state index is 13.1. The second-order valence-electron chi connectivity index (χ2n) is 2.82. The Kier molecular flexibility index (Phi) is 4.17. The molecule has 0 radical (unpaired) electrons. The van der Waals surface area contributed by atoms with Gasteiger partial charge in [0.25, 0.3) is 0 Å². The second-order valence-corrected chi connectivity index (χ2v) is 2.82. The highest BCUT2D eigenvalue weighted by atomic mass is 19.1. The van der Waals surface area contributed by atoms with E-state index >= 15 is 0 Å². The number of hydrogen-bond donors (Lipinski definition) is 1. The third kappa shape index (κ3) is 1.75. The van der Waals surface area contributed by atoms with E-state index < -0.39 is 17.6 Å². The molecule has 2 atom stereocenters. The smallest absolute Gasteiger partial charge is 0.316 e. The lowest BCUT2D eigenvalue weighted by Crippen LogP contribution is -2.45. The third-order valence-corrected chi connectivity index (χ3v) is 2.35. The molecule has 0 aromatic heterocycles. The zero-order chi connectivity index (χ0) is 9.78. The van der Waals surface area contributed by atoms with Gasteiger partial charge < -0.3 is 10.5 Å². The monoisotopic (exact) mass is 177 g/mol. The Bertz CT molecular complexity index is 155. The van der Waals surface area contributed by atoms with E-state index in [0.717, 1.165) is 0 Å². The molecule has 0 aromatic carbocycles. The molecule has 0 aliphatic carbocycles. The van der Waals surface area contributed by atoms with Crippen LogP contribution in [0.4, 0.5) is 4.39 Å². The van der Waals surface area contributed by atoms with Crippen molar-refractivity contribution in [1.82, 2.24) is 0 Å². The van der Waals surface area contributed by atoms with Crippen LogP contribution >= 0.6 is 0 Å². The molecular formula is C8H16FNO2. The van der Waals surface area contributed by atoms with Crippen LogP contribution < -0.4 is 5.73 Å². The number of methoxy groups -OCH3 is 1. The van der Waals surface area contributed by atoms with Crippen molar-refractivity contribution in [2.75, 3.05) is 13.7 Å². The average Bonchev–Trinajstić information content (AvgIpc) is 2.06. The summed E-state index contributed by atoms with van der Waals surface area (Å²) >= 11 is 0. The summed E-state index contributed by atoms with van der Waals surface area (Å²) in [6.07, 6.45) is -0.923. The van der Waals surface area contributed by atoms with Crippen LogP contribution in [0.1, 0.15) is 20.3 Å². The van der Waals surface area contributed by atoms with Crippen LogP contribution in [0, 0.1) is 5.41 Å². The molecule has 72 valence electrons. The summed E-state index contributed by atoms with van der Waals surface area (Å²) in [6.45, 7) is 3.03. The summed E-state index contributed by atoms with van der Waals surface area (Å²) < 4.78 is 17.6. The molecule has 0 saturated heterocycles. The van der Waals surface area contributed by atoms with E-state index in [2.05, 4.69) is 4.74 Å². The fraction of sp³-hybridized carbons (Fsp3) is 0.875. The van der Waals surface area contributed by atoms with Crippen molar-refractivity contribution in [3.05, 3.63) is 0 Å². The van der Waals surface area contributed by atoms with Gasteiger partial charge in [-0.05, 0) is 13.3 Å². The van der Waals surface area contributed by atoms with Crippen molar-refractivity contribution in [3.63, 3.8) is 0 Å². The minimum absolute atomic E-state index is 0.0200. The highest BCUT2D eigenvalue weighted by Gasteiger charge is 2.42. The predicted molar refractivity (Wildman–Crippen MR) is 44.4 cm³/mol. The SMILES string of the molecule is CCC(CN)(C(=O)OC)C(C)F. The summed E-state index contributed by atoms with van der Waals surface area (Å²) in [5.74, 6) is -0.567. The molecule has 4 heteroatoms. The van der Waals surface area contributed by atoms with Crippen LogP contribution in [0.25, 0.3) is 0 Å². The molecule has 0 bridgehead atoms. The molecule has 2 N–H and O–H groups in total. The van der Waals surface area contributed by atoms with Crippen LogP contribution in [-0.2, 0) is 9.53 Å². The van der Waals surface area contributed by atoms with Crippen molar-refractivity contribution >= 4 is 5.97 Å². The fourth-order valence-electron chi connectivity index (χ4n) is 1.18. The summed E-state index contributed by atoms with van der Waals surface area (Å²) in [7, 11) is 1.24. The van der Waals surface area contributed by atoms with E-state index in [4.69, 9.17) is 5.73 Å². The minimum Gasteiger partial charge on any atom is -0.468 e. The largest absolute Gasteiger partial charge is 0.468 e. The molecule has 2 unspecified atom stereocenters. The lowest BCUT2D eigenvalue weighted by molar-refractivity contribution is -0.156. The van der Waals surface area contributed by atoms with E-state index in [1.54, 1.807) is 6.92 Å². The number of ether oxygens (including phenoxy) is 1. The molecular weight excluding hydrogens is 161 g/mol. The van der Waals surface area contributed by atoms with E-state index in [1.165, 1.54) is 14.0 Å². The molecule has 0 saturated carbocycles. The van der Waals surface area contributed by atoms with Gasteiger partial charge in [-0.1, -0.05) is 6.92 Å².